The van der Waals surface area contributed by atoms with Crippen molar-refractivity contribution in [2.45, 2.75) is 6.92 Å². The van der Waals surface area contributed by atoms with Crippen LogP contribution < -0.4 is 0 Å². The lowest BCUT2D eigenvalue weighted by Gasteiger charge is -2.03. The Morgan fingerprint density at radius 3 is 2.67 bits per heavy atom. The first-order valence-corrected chi connectivity index (χ1v) is 6.90. The van der Waals surface area contributed by atoms with E-state index in [-0.39, 0.29) is 5.69 Å². The number of hydrogen-bond donors (Lipinski definition) is 1. The minimum Gasteiger partial charge on any atom is -0.476 e. The fourth-order valence-corrected chi connectivity index (χ4v) is 2.72. The van der Waals surface area contributed by atoms with Gasteiger partial charge in [-0.2, -0.15) is 0 Å². The Balaban J connectivity index is 2.36. The molecule has 1 aromatic carbocycles. The van der Waals surface area contributed by atoms with E-state index < -0.39 is 5.97 Å². The molecule has 0 atom stereocenters. The van der Waals surface area contributed by atoms with Crippen LogP contribution in [0.2, 0.25) is 10.0 Å². The Labute approximate surface area is 130 Å². The summed E-state index contributed by atoms with van der Waals surface area (Å²) in [6.07, 6.45) is 1.69. The summed E-state index contributed by atoms with van der Waals surface area (Å²) in [5.74, 6) is -1.06. The second-order valence-electron chi connectivity index (χ2n) is 4.67. The molecule has 0 radical (unpaired) electrons. The lowest BCUT2D eigenvalue weighted by atomic mass is 10.1. The van der Waals surface area contributed by atoms with Crippen LogP contribution in [-0.4, -0.2) is 20.5 Å². The number of benzene rings is 1. The summed E-state index contributed by atoms with van der Waals surface area (Å²) < 4.78 is 1.54. The van der Waals surface area contributed by atoms with Crippen molar-refractivity contribution in [3.63, 3.8) is 0 Å². The van der Waals surface area contributed by atoms with E-state index in [2.05, 4.69) is 4.98 Å². The number of carbonyl (C=O) groups is 1. The number of pyridine rings is 1. The van der Waals surface area contributed by atoms with Crippen LogP contribution in [0.3, 0.4) is 0 Å². The normalized spacial score (nSPS) is 11.0. The standard InChI is InChI=1S/C15H10Cl2N2O2/c1-8-4-5-19-12(6-8)18-13(14(19)15(20)21)10-3-2-9(16)7-11(10)17/h2-7H,1H3,(H,20,21). The van der Waals surface area contributed by atoms with E-state index in [4.69, 9.17) is 23.2 Å². The number of aromatic nitrogens is 2. The number of carboxylic acid groups (broad SMARTS) is 1. The molecule has 3 aromatic rings. The molecular formula is C15H10Cl2N2O2. The number of rotatable bonds is 2. The number of aryl methyl sites for hydroxylation is 1. The SMILES string of the molecule is Cc1ccn2c(C(=O)O)c(-c3ccc(Cl)cc3Cl)nc2c1. The fourth-order valence-electron chi connectivity index (χ4n) is 2.22. The predicted molar refractivity (Wildman–Crippen MR) is 82.3 cm³/mol. The predicted octanol–water partition coefficient (Wildman–Crippen LogP) is 4.31. The van der Waals surface area contributed by atoms with Crippen LogP contribution in [0, 0.1) is 6.92 Å². The molecule has 0 spiro atoms. The van der Waals surface area contributed by atoms with Crippen molar-refractivity contribution in [2.75, 3.05) is 0 Å². The average Bonchev–Trinajstić information content (AvgIpc) is 2.76. The third kappa shape index (κ3) is 2.37. The third-order valence-electron chi connectivity index (χ3n) is 3.17. The van der Waals surface area contributed by atoms with E-state index in [0.717, 1.165) is 5.56 Å². The van der Waals surface area contributed by atoms with Crippen molar-refractivity contribution in [3.05, 3.63) is 57.8 Å². The van der Waals surface area contributed by atoms with E-state index in [0.29, 0.717) is 26.9 Å². The molecule has 0 saturated carbocycles. The monoisotopic (exact) mass is 320 g/mol. The summed E-state index contributed by atoms with van der Waals surface area (Å²) in [6.45, 7) is 1.92. The van der Waals surface area contributed by atoms with Crippen LogP contribution in [-0.2, 0) is 0 Å². The molecule has 6 heteroatoms. The van der Waals surface area contributed by atoms with Crippen LogP contribution in [0.1, 0.15) is 16.1 Å². The van der Waals surface area contributed by atoms with E-state index in [1.165, 1.54) is 4.40 Å². The van der Waals surface area contributed by atoms with E-state index in [1.807, 2.05) is 19.1 Å². The number of aromatic carboxylic acids is 1. The van der Waals surface area contributed by atoms with Gasteiger partial charge in [-0.1, -0.05) is 23.2 Å². The molecule has 21 heavy (non-hydrogen) atoms. The number of fused-ring (bicyclic) bond motifs is 1. The Bertz CT molecular complexity index is 871. The van der Waals surface area contributed by atoms with Crippen LogP contribution >= 0.6 is 23.2 Å². The molecule has 1 N–H and O–H groups in total. The first-order valence-electron chi connectivity index (χ1n) is 6.15. The van der Waals surface area contributed by atoms with Gasteiger partial charge in [0.25, 0.3) is 0 Å². The number of halogens is 2. The van der Waals surface area contributed by atoms with E-state index in [1.54, 1.807) is 24.4 Å². The number of carboxylic acids is 1. The van der Waals surface area contributed by atoms with Crippen molar-refractivity contribution >= 4 is 34.8 Å². The van der Waals surface area contributed by atoms with E-state index >= 15 is 0 Å². The van der Waals surface area contributed by atoms with Crippen LogP contribution in [0.4, 0.5) is 0 Å². The Kier molecular flexibility index (Phi) is 3.35. The summed E-state index contributed by atoms with van der Waals surface area (Å²) in [7, 11) is 0. The number of nitrogens with zero attached hydrogens (tertiary/aromatic N) is 2. The van der Waals surface area contributed by atoms with Crippen molar-refractivity contribution in [2.24, 2.45) is 0 Å². The van der Waals surface area contributed by atoms with Crippen LogP contribution in [0.5, 0.6) is 0 Å². The fraction of sp³-hybridized carbons (Fsp3) is 0.0667. The number of imidazole rings is 1. The summed E-state index contributed by atoms with van der Waals surface area (Å²) in [4.78, 5) is 16.0. The highest BCUT2D eigenvalue weighted by Crippen LogP contribution is 2.32. The summed E-state index contributed by atoms with van der Waals surface area (Å²) >= 11 is 12.1. The summed E-state index contributed by atoms with van der Waals surface area (Å²) in [6, 6.07) is 8.54. The van der Waals surface area contributed by atoms with Gasteiger partial charge >= 0.3 is 5.97 Å². The zero-order valence-electron chi connectivity index (χ0n) is 11.0. The van der Waals surface area contributed by atoms with Gasteiger partial charge in [0.1, 0.15) is 11.3 Å². The maximum absolute atomic E-state index is 11.6. The third-order valence-corrected chi connectivity index (χ3v) is 3.72. The van der Waals surface area contributed by atoms with Gasteiger partial charge in [-0.05, 0) is 42.8 Å². The van der Waals surface area contributed by atoms with Gasteiger partial charge in [0, 0.05) is 16.8 Å². The van der Waals surface area contributed by atoms with Crippen molar-refractivity contribution in [1.82, 2.24) is 9.38 Å². The van der Waals surface area contributed by atoms with Gasteiger partial charge in [0.2, 0.25) is 0 Å². The molecular weight excluding hydrogens is 311 g/mol. The summed E-state index contributed by atoms with van der Waals surface area (Å²) in [5, 5.41) is 10.4. The maximum atomic E-state index is 11.6. The lowest BCUT2D eigenvalue weighted by molar-refractivity contribution is 0.0690. The maximum Gasteiger partial charge on any atom is 0.355 e. The highest BCUT2D eigenvalue weighted by atomic mass is 35.5. The second-order valence-corrected chi connectivity index (χ2v) is 5.51. The first kappa shape index (κ1) is 13.9. The highest BCUT2D eigenvalue weighted by Gasteiger charge is 2.21. The molecule has 0 aliphatic rings. The van der Waals surface area contributed by atoms with E-state index in [9.17, 15) is 9.90 Å². The zero-order valence-corrected chi connectivity index (χ0v) is 12.5. The van der Waals surface area contributed by atoms with Gasteiger partial charge in [-0.25, -0.2) is 9.78 Å². The smallest absolute Gasteiger partial charge is 0.355 e. The largest absolute Gasteiger partial charge is 0.476 e. The quantitative estimate of drug-likeness (QED) is 0.765. The van der Waals surface area contributed by atoms with Gasteiger partial charge in [0.05, 0.1) is 5.02 Å². The minimum absolute atomic E-state index is 0.0780. The van der Waals surface area contributed by atoms with Crippen molar-refractivity contribution in [1.29, 1.82) is 0 Å². The van der Waals surface area contributed by atoms with Crippen molar-refractivity contribution < 1.29 is 9.90 Å². The minimum atomic E-state index is -1.06. The van der Waals surface area contributed by atoms with Crippen LogP contribution in [0.25, 0.3) is 16.9 Å². The highest BCUT2D eigenvalue weighted by molar-refractivity contribution is 6.36. The molecule has 106 valence electrons. The number of hydrogen-bond acceptors (Lipinski definition) is 2. The molecule has 2 heterocycles. The molecule has 0 bridgehead atoms. The molecule has 3 rings (SSSR count). The molecule has 0 unspecified atom stereocenters. The molecule has 2 aromatic heterocycles. The molecule has 0 amide bonds. The Hall–Kier alpha value is -2.04. The molecule has 0 saturated heterocycles. The molecule has 0 aliphatic carbocycles. The van der Waals surface area contributed by atoms with Gasteiger partial charge < -0.3 is 5.11 Å². The lowest BCUT2D eigenvalue weighted by Crippen LogP contribution is -2.03. The molecule has 4 nitrogen and oxygen atoms in total. The second kappa shape index (κ2) is 5.06. The Morgan fingerprint density at radius 2 is 2.00 bits per heavy atom. The molecule has 0 aliphatic heterocycles. The van der Waals surface area contributed by atoms with Gasteiger partial charge in [-0.3, -0.25) is 4.40 Å². The van der Waals surface area contributed by atoms with Gasteiger partial charge in [-0.15, -0.1) is 0 Å². The Morgan fingerprint density at radius 1 is 1.24 bits per heavy atom. The average molecular weight is 321 g/mol. The summed E-state index contributed by atoms with van der Waals surface area (Å²) in [5.41, 5.74) is 2.51. The van der Waals surface area contributed by atoms with Gasteiger partial charge in [0.15, 0.2) is 5.69 Å². The van der Waals surface area contributed by atoms with Crippen LogP contribution in [0.15, 0.2) is 36.5 Å². The first-order chi connectivity index (χ1) is 9.97. The zero-order chi connectivity index (χ0) is 15.1. The molecule has 0 fully saturated rings. The van der Waals surface area contributed by atoms with Crippen molar-refractivity contribution in [3.8, 4) is 11.3 Å². The topological polar surface area (TPSA) is 54.6 Å².